The third kappa shape index (κ3) is 2.71. The van der Waals surface area contributed by atoms with E-state index in [4.69, 9.17) is 10.6 Å². The topological polar surface area (TPSA) is 73.1 Å². The van der Waals surface area contributed by atoms with E-state index in [-0.39, 0.29) is 6.10 Å². The van der Waals surface area contributed by atoms with Gasteiger partial charge < -0.3 is 4.74 Å². The summed E-state index contributed by atoms with van der Waals surface area (Å²) in [6.07, 6.45) is 4.78. The first-order valence-electron chi connectivity index (χ1n) is 6.96. The SMILES string of the molecule is CC1(C)CCC(Oc2nc(NN)nc3sccc23)CC1. The lowest BCUT2D eigenvalue weighted by Gasteiger charge is -2.34. The summed E-state index contributed by atoms with van der Waals surface area (Å²) < 4.78 is 6.12. The zero-order valence-electron chi connectivity index (χ0n) is 11.8. The Labute approximate surface area is 122 Å². The second-order valence-corrected chi connectivity index (χ2v) is 7.01. The molecular weight excluding hydrogens is 272 g/mol. The molecule has 0 atom stereocenters. The Morgan fingerprint density at radius 2 is 2.10 bits per heavy atom. The maximum Gasteiger partial charge on any atom is 0.241 e. The number of rotatable bonds is 3. The molecule has 0 spiro atoms. The van der Waals surface area contributed by atoms with E-state index in [0.29, 0.717) is 17.2 Å². The quantitative estimate of drug-likeness (QED) is 0.670. The average Bonchev–Trinajstić information content (AvgIpc) is 2.89. The standard InChI is InChI=1S/C14H20N4OS/c1-14(2)6-3-9(4-7-14)19-11-10-5-8-20-12(10)17-13(16-11)18-15/h5,8-9H,3-4,6-7,15H2,1-2H3,(H,16,17,18). The van der Waals surface area contributed by atoms with Crippen molar-refractivity contribution < 1.29 is 4.74 Å². The van der Waals surface area contributed by atoms with Gasteiger partial charge in [0.1, 0.15) is 10.9 Å². The van der Waals surface area contributed by atoms with Gasteiger partial charge in [0.15, 0.2) is 0 Å². The Bertz CT molecular complexity index is 600. The zero-order chi connectivity index (χ0) is 14.2. The number of hydrogen-bond acceptors (Lipinski definition) is 6. The van der Waals surface area contributed by atoms with Crippen molar-refractivity contribution in [2.24, 2.45) is 11.3 Å². The minimum Gasteiger partial charge on any atom is -0.474 e. The van der Waals surface area contributed by atoms with Crippen LogP contribution in [0, 0.1) is 5.41 Å². The van der Waals surface area contributed by atoms with Crippen LogP contribution in [0.5, 0.6) is 5.88 Å². The molecule has 2 heterocycles. The number of ether oxygens (including phenoxy) is 1. The van der Waals surface area contributed by atoms with Gasteiger partial charge in [0.2, 0.25) is 11.8 Å². The van der Waals surface area contributed by atoms with E-state index in [1.165, 1.54) is 12.8 Å². The number of nitrogens with zero attached hydrogens (tertiary/aromatic N) is 2. The predicted molar refractivity (Wildman–Crippen MR) is 81.9 cm³/mol. The van der Waals surface area contributed by atoms with E-state index in [9.17, 15) is 0 Å². The van der Waals surface area contributed by atoms with Crippen molar-refractivity contribution in [3.05, 3.63) is 11.4 Å². The number of hydrazine groups is 1. The van der Waals surface area contributed by atoms with Crippen LogP contribution in [0.1, 0.15) is 39.5 Å². The van der Waals surface area contributed by atoms with Crippen molar-refractivity contribution in [2.45, 2.75) is 45.6 Å². The fraction of sp³-hybridized carbons (Fsp3) is 0.571. The molecule has 1 saturated carbocycles. The minimum atomic E-state index is 0.242. The highest BCUT2D eigenvalue weighted by atomic mass is 32.1. The monoisotopic (exact) mass is 292 g/mol. The van der Waals surface area contributed by atoms with E-state index in [0.717, 1.165) is 23.1 Å². The fourth-order valence-corrected chi connectivity index (χ4v) is 3.39. The summed E-state index contributed by atoms with van der Waals surface area (Å²) in [6.45, 7) is 4.64. The van der Waals surface area contributed by atoms with Crippen LogP contribution in [0.15, 0.2) is 11.4 Å². The van der Waals surface area contributed by atoms with Crippen LogP contribution in [0.2, 0.25) is 0 Å². The van der Waals surface area contributed by atoms with Crippen molar-refractivity contribution in [3.63, 3.8) is 0 Å². The Morgan fingerprint density at radius 1 is 1.35 bits per heavy atom. The molecule has 0 unspecified atom stereocenters. The van der Waals surface area contributed by atoms with Gasteiger partial charge in [-0.05, 0) is 42.5 Å². The maximum atomic E-state index is 6.12. The molecular formula is C14H20N4OS. The maximum absolute atomic E-state index is 6.12. The first-order valence-corrected chi connectivity index (χ1v) is 7.84. The van der Waals surface area contributed by atoms with Gasteiger partial charge in [0.05, 0.1) is 5.39 Å². The lowest BCUT2D eigenvalue weighted by atomic mass is 9.76. The molecule has 0 radical (unpaired) electrons. The van der Waals surface area contributed by atoms with Crippen LogP contribution >= 0.6 is 11.3 Å². The molecule has 0 saturated heterocycles. The van der Waals surface area contributed by atoms with Crippen molar-refractivity contribution in [2.75, 3.05) is 5.43 Å². The van der Waals surface area contributed by atoms with Crippen molar-refractivity contribution in [1.82, 2.24) is 9.97 Å². The van der Waals surface area contributed by atoms with Crippen LogP contribution in [0.25, 0.3) is 10.2 Å². The van der Waals surface area contributed by atoms with E-state index < -0.39 is 0 Å². The third-order valence-corrected chi connectivity index (χ3v) is 4.79. The Balaban J connectivity index is 1.82. The molecule has 108 valence electrons. The Kier molecular flexibility index (Phi) is 3.52. The zero-order valence-corrected chi connectivity index (χ0v) is 12.7. The summed E-state index contributed by atoms with van der Waals surface area (Å²) in [7, 11) is 0. The number of thiophene rings is 1. The second kappa shape index (κ2) is 5.18. The number of fused-ring (bicyclic) bond motifs is 1. The molecule has 5 nitrogen and oxygen atoms in total. The van der Waals surface area contributed by atoms with E-state index in [1.807, 2.05) is 11.4 Å². The number of hydrogen-bond donors (Lipinski definition) is 2. The molecule has 3 rings (SSSR count). The molecule has 2 aromatic heterocycles. The van der Waals surface area contributed by atoms with E-state index in [1.54, 1.807) is 11.3 Å². The van der Waals surface area contributed by atoms with Gasteiger partial charge in [-0.25, -0.2) is 10.8 Å². The number of anilines is 1. The summed E-state index contributed by atoms with van der Waals surface area (Å²) in [6, 6.07) is 2.00. The number of nitrogens with one attached hydrogen (secondary N) is 1. The van der Waals surface area contributed by atoms with Gasteiger partial charge in [0.25, 0.3) is 0 Å². The van der Waals surface area contributed by atoms with E-state index in [2.05, 4.69) is 29.2 Å². The van der Waals surface area contributed by atoms with E-state index >= 15 is 0 Å². The smallest absolute Gasteiger partial charge is 0.241 e. The highest BCUT2D eigenvalue weighted by molar-refractivity contribution is 7.16. The molecule has 2 aromatic rings. The molecule has 6 heteroatoms. The fourth-order valence-electron chi connectivity index (χ4n) is 2.63. The van der Waals surface area contributed by atoms with Crippen molar-refractivity contribution >= 4 is 27.5 Å². The summed E-state index contributed by atoms with van der Waals surface area (Å²) in [5, 5.41) is 2.97. The molecule has 0 bridgehead atoms. The summed E-state index contributed by atoms with van der Waals surface area (Å²) in [5.41, 5.74) is 2.94. The normalized spacial score (nSPS) is 19.1. The van der Waals surface area contributed by atoms with Crippen LogP contribution in [0.3, 0.4) is 0 Å². The molecule has 1 aliphatic carbocycles. The highest BCUT2D eigenvalue weighted by Gasteiger charge is 2.28. The lowest BCUT2D eigenvalue weighted by Crippen LogP contribution is -2.28. The van der Waals surface area contributed by atoms with Gasteiger partial charge in [-0.3, -0.25) is 5.43 Å². The number of aromatic nitrogens is 2. The molecule has 1 aliphatic rings. The van der Waals surface area contributed by atoms with Crippen LogP contribution in [-0.2, 0) is 0 Å². The summed E-state index contributed by atoms with van der Waals surface area (Å²) in [5.74, 6) is 6.48. The van der Waals surface area contributed by atoms with Crippen molar-refractivity contribution in [1.29, 1.82) is 0 Å². The largest absolute Gasteiger partial charge is 0.474 e. The van der Waals surface area contributed by atoms with Gasteiger partial charge >= 0.3 is 0 Å². The number of nitrogens with two attached hydrogens (primary N) is 1. The summed E-state index contributed by atoms with van der Waals surface area (Å²) >= 11 is 1.57. The lowest BCUT2D eigenvalue weighted by molar-refractivity contribution is 0.0964. The Hall–Kier alpha value is -1.40. The first-order chi connectivity index (χ1) is 9.57. The first kappa shape index (κ1) is 13.6. The van der Waals surface area contributed by atoms with Crippen LogP contribution in [-0.4, -0.2) is 16.1 Å². The summed E-state index contributed by atoms with van der Waals surface area (Å²) in [4.78, 5) is 9.58. The van der Waals surface area contributed by atoms with Crippen molar-refractivity contribution in [3.8, 4) is 5.88 Å². The molecule has 20 heavy (non-hydrogen) atoms. The minimum absolute atomic E-state index is 0.242. The molecule has 0 amide bonds. The van der Waals surface area contributed by atoms with Gasteiger partial charge in [-0.15, -0.1) is 11.3 Å². The average molecular weight is 292 g/mol. The highest BCUT2D eigenvalue weighted by Crippen LogP contribution is 2.37. The third-order valence-electron chi connectivity index (χ3n) is 3.98. The van der Waals surface area contributed by atoms with Gasteiger partial charge in [-0.2, -0.15) is 4.98 Å². The van der Waals surface area contributed by atoms with Gasteiger partial charge in [-0.1, -0.05) is 13.8 Å². The van der Waals surface area contributed by atoms with Crippen LogP contribution < -0.4 is 16.0 Å². The molecule has 0 aliphatic heterocycles. The van der Waals surface area contributed by atoms with Gasteiger partial charge in [0, 0.05) is 0 Å². The molecule has 1 fully saturated rings. The number of nitrogen functional groups attached to an aromatic ring is 1. The predicted octanol–water partition coefficient (Wildman–Crippen LogP) is 3.32. The second-order valence-electron chi connectivity index (χ2n) is 6.12. The molecule has 0 aromatic carbocycles. The van der Waals surface area contributed by atoms with Crippen LogP contribution in [0.4, 0.5) is 5.95 Å². The molecule has 3 N–H and O–H groups in total. The Morgan fingerprint density at radius 3 is 2.80 bits per heavy atom.